The Hall–Kier alpha value is -4.97. The summed E-state index contributed by atoms with van der Waals surface area (Å²) in [5.41, 5.74) is 11.4. The summed E-state index contributed by atoms with van der Waals surface area (Å²) in [5.74, 6) is 0. The van der Waals surface area contributed by atoms with Gasteiger partial charge in [-0.2, -0.15) is 0 Å². The number of anilines is 3. The first-order valence-corrected chi connectivity index (χ1v) is 19.0. The third-order valence-electron chi connectivity index (χ3n) is 10.7. The number of fused-ring (bicyclic) bond motifs is 9. The Morgan fingerprint density at radius 2 is 1.12 bits per heavy atom. The molecule has 1 nitrogen and oxygen atoms in total. The normalized spacial score (nSPS) is 13.6. The molecule has 0 N–H and O–H groups in total. The van der Waals surface area contributed by atoms with Crippen molar-refractivity contribution in [3.05, 3.63) is 172 Å². The monoisotopic (exact) mass is 769 g/mol. The summed E-state index contributed by atoms with van der Waals surface area (Å²) in [4.78, 5) is 2.43. The largest absolute Gasteiger partial charge is 0.310 e. The Morgan fingerprint density at radius 3 is 1.84 bits per heavy atom. The summed E-state index contributed by atoms with van der Waals surface area (Å²) in [7, 11) is 0. The van der Waals surface area contributed by atoms with Gasteiger partial charge in [-0.05, 0) is 102 Å². The molecule has 0 saturated heterocycles. The summed E-state index contributed by atoms with van der Waals surface area (Å²) in [5, 5.41) is 7.96. The van der Waals surface area contributed by atoms with Crippen molar-refractivity contribution in [2.75, 3.05) is 4.90 Å². The van der Waals surface area contributed by atoms with E-state index in [0.29, 0.717) is 0 Å². The minimum absolute atomic E-state index is 0.0733. The molecule has 0 radical (unpaired) electrons. The molecule has 8 aromatic carbocycles. The van der Waals surface area contributed by atoms with Crippen molar-refractivity contribution in [2.45, 2.75) is 19.3 Å². The molecule has 50 heavy (non-hydrogen) atoms. The highest BCUT2D eigenvalue weighted by Gasteiger charge is 2.36. The number of benzene rings is 8. The Bertz CT molecular complexity index is 2740. The zero-order valence-corrected chi connectivity index (χ0v) is 30.7. The van der Waals surface area contributed by atoms with Gasteiger partial charge in [-0.1, -0.05) is 141 Å². The van der Waals surface area contributed by atoms with E-state index in [0.717, 1.165) is 0 Å². The van der Waals surface area contributed by atoms with Crippen LogP contribution in [0, 0.1) is 3.57 Å². The van der Waals surface area contributed by atoms with Gasteiger partial charge in [0.2, 0.25) is 0 Å². The third kappa shape index (κ3) is 4.30. The van der Waals surface area contributed by atoms with E-state index in [2.05, 4.69) is 199 Å². The maximum absolute atomic E-state index is 2.56. The number of para-hydroxylation sites is 2. The van der Waals surface area contributed by atoms with Crippen LogP contribution < -0.4 is 4.90 Å². The van der Waals surface area contributed by atoms with E-state index in [4.69, 9.17) is 0 Å². The fraction of sp³-hybridized carbons (Fsp3) is 0.0638. The molecular formula is C47H32INS. The molecule has 0 aliphatic carbocycles. The molecule has 0 amide bonds. The molecule has 1 aliphatic heterocycles. The Labute approximate surface area is 309 Å². The van der Waals surface area contributed by atoms with Crippen LogP contribution in [-0.4, -0.2) is 0 Å². The first-order valence-electron chi connectivity index (χ1n) is 17.1. The van der Waals surface area contributed by atoms with Gasteiger partial charge in [-0.3, -0.25) is 0 Å². The van der Waals surface area contributed by atoms with Gasteiger partial charge in [0.05, 0.1) is 11.4 Å². The summed E-state index contributed by atoms with van der Waals surface area (Å²) in [6, 6.07) is 58.3. The minimum Gasteiger partial charge on any atom is -0.310 e. The van der Waals surface area contributed by atoms with E-state index in [9.17, 15) is 0 Å². The van der Waals surface area contributed by atoms with Gasteiger partial charge >= 0.3 is 0 Å². The summed E-state index contributed by atoms with van der Waals surface area (Å²) < 4.78 is 3.97. The molecule has 238 valence electrons. The molecule has 2 heterocycles. The first kappa shape index (κ1) is 29.9. The van der Waals surface area contributed by atoms with Crippen LogP contribution in [0.15, 0.2) is 158 Å². The molecule has 0 atom stereocenters. The van der Waals surface area contributed by atoms with Gasteiger partial charge in [0.25, 0.3) is 0 Å². The number of hydrogen-bond donors (Lipinski definition) is 0. The second-order valence-electron chi connectivity index (χ2n) is 13.8. The van der Waals surface area contributed by atoms with Crippen molar-refractivity contribution in [1.29, 1.82) is 0 Å². The molecule has 1 aliphatic rings. The van der Waals surface area contributed by atoms with Crippen molar-refractivity contribution < 1.29 is 0 Å². The van der Waals surface area contributed by atoms with Crippen LogP contribution in [0.3, 0.4) is 0 Å². The number of nitrogens with zero attached hydrogens (tertiary/aromatic N) is 1. The van der Waals surface area contributed by atoms with Crippen LogP contribution in [0.1, 0.15) is 25.0 Å². The van der Waals surface area contributed by atoms with Crippen LogP contribution in [0.5, 0.6) is 0 Å². The predicted octanol–water partition coefficient (Wildman–Crippen LogP) is 14.4. The van der Waals surface area contributed by atoms with Gasteiger partial charge in [-0.15, -0.1) is 11.3 Å². The van der Waals surface area contributed by atoms with Gasteiger partial charge in [0.15, 0.2) is 0 Å². The van der Waals surface area contributed by atoms with Crippen molar-refractivity contribution >= 4 is 92.7 Å². The van der Waals surface area contributed by atoms with Crippen molar-refractivity contribution in [3.63, 3.8) is 0 Å². The molecule has 9 aromatic rings. The Morgan fingerprint density at radius 1 is 0.500 bits per heavy atom. The zero-order chi connectivity index (χ0) is 33.6. The lowest BCUT2D eigenvalue weighted by atomic mass is 9.73. The number of thiophene rings is 1. The van der Waals surface area contributed by atoms with Gasteiger partial charge in [-0.25, -0.2) is 0 Å². The molecule has 0 unspecified atom stereocenters. The number of rotatable bonds is 3. The Kier molecular flexibility index (Phi) is 6.74. The van der Waals surface area contributed by atoms with Crippen molar-refractivity contribution in [3.8, 4) is 22.3 Å². The van der Waals surface area contributed by atoms with E-state index >= 15 is 0 Å². The quantitative estimate of drug-likeness (QED) is 0.128. The molecule has 0 saturated carbocycles. The molecule has 10 rings (SSSR count). The smallest absolute Gasteiger partial charge is 0.0502 e. The summed E-state index contributed by atoms with van der Waals surface area (Å²) in [6.07, 6.45) is 0. The second-order valence-corrected chi connectivity index (χ2v) is 15.9. The van der Waals surface area contributed by atoms with Gasteiger partial charge in [0.1, 0.15) is 0 Å². The predicted molar refractivity (Wildman–Crippen MR) is 225 cm³/mol. The van der Waals surface area contributed by atoms with Gasteiger partial charge in [0, 0.05) is 40.4 Å². The fourth-order valence-corrected chi connectivity index (χ4v) is 10.7. The van der Waals surface area contributed by atoms with Crippen molar-refractivity contribution in [2.24, 2.45) is 0 Å². The fourth-order valence-electron chi connectivity index (χ4n) is 8.38. The first-order chi connectivity index (χ1) is 24.5. The summed E-state index contributed by atoms with van der Waals surface area (Å²) in [6.45, 7) is 4.68. The van der Waals surface area contributed by atoms with Crippen molar-refractivity contribution in [1.82, 2.24) is 0 Å². The minimum atomic E-state index is -0.0733. The van der Waals surface area contributed by atoms with Crippen LogP contribution in [0.4, 0.5) is 17.1 Å². The van der Waals surface area contributed by atoms with Crippen LogP contribution >= 0.6 is 33.9 Å². The maximum Gasteiger partial charge on any atom is 0.0502 e. The zero-order valence-electron chi connectivity index (χ0n) is 27.7. The lowest BCUT2D eigenvalue weighted by Crippen LogP contribution is -2.30. The molecular weight excluding hydrogens is 737 g/mol. The lowest BCUT2D eigenvalue weighted by molar-refractivity contribution is 0.632. The van der Waals surface area contributed by atoms with Gasteiger partial charge < -0.3 is 4.90 Å². The highest BCUT2D eigenvalue weighted by Crippen LogP contribution is 2.52. The van der Waals surface area contributed by atoms with E-state index in [1.807, 2.05) is 11.3 Å². The van der Waals surface area contributed by atoms with E-state index < -0.39 is 0 Å². The second kappa shape index (κ2) is 11.3. The molecule has 3 heteroatoms. The standard InChI is InChI=1S/C47H32INS/c1-47(2)37-19-8-10-21-39(37)49(40-22-11-9-20-38(40)47)31-25-23-29(24-26-31)32-17-12-18-36-44-41(50-46(32)36)28-27-35-42(30-13-4-3-5-14-30)45(48)34-16-7-6-15-33(34)43(35)44/h3-28H,1-2H3. The Balaban J connectivity index is 1.16. The number of hydrogen-bond acceptors (Lipinski definition) is 2. The lowest BCUT2D eigenvalue weighted by Gasteiger charge is -2.42. The third-order valence-corrected chi connectivity index (χ3v) is 13.0. The van der Waals surface area contributed by atoms with E-state index in [-0.39, 0.29) is 5.41 Å². The topological polar surface area (TPSA) is 3.24 Å². The van der Waals surface area contributed by atoms with Crippen LogP contribution in [0.2, 0.25) is 0 Å². The molecule has 0 bridgehead atoms. The highest BCUT2D eigenvalue weighted by atomic mass is 127. The highest BCUT2D eigenvalue weighted by molar-refractivity contribution is 14.1. The SMILES string of the molecule is CC1(C)c2ccccc2N(c2ccc(-c3cccc4c3sc3ccc5c(-c6ccccc6)c(I)c6ccccc6c5c34)cc2)c2ccccc21. The molecule has 0 fully saturated rings. The maximum atomic E-state index is 2.56. The van der Waals surface area contributed by atoms with E-state index in [1.54, 1.807) is 0 Å². The molecule has 0 spiro atoms. The summed E-state index contributed by atoms with van der Waals surface area (Å²) >= 11 is 4.48. The average Bonchev–Trinajstić information content (AvgIpc) is 3.55. The number of halogens is 1. The van der Waals surface area contributed by atoms with Crippen LogP contribution in [-0.2, 0) is 5.41 Å². The molecule has 1 aromatic heterocycles. The van der Waals surface area contributed by atoms with E-state index in [1.165, 1.54) is 95.7 Å². The van der Waals surface area contributed by atoms with Crippen LogP contribution in [0.25, 0.3) is 64.0 Å². The average molecular weight is 770 g/mol.